The van der Waals surface area contributed by atoms with Crippen molar-refractivity contribution in [2.45, 2.75) is 32.9 Å². The van der Waals surface area contributed by atoms with Gasteiger partial charge in [0.05, 0.1) is 5.54 Å². The monoisotopic (exact) mass is 400 g/mol. The van der Waals surface area contributed by atoms with E-state index in [0.717, 1.165) is 28.0 Å². The van der Waals surface area contributed by atoms with Gasteiger partial charge in [0.25, 0.3) is 0 Å². The highest BCUT2D eigenvalue weighted by Crippen LogP contribution is 2.24. The molecule has 2 N–H and O–H groups in total. The fourth-order valence-corrected chi connectivity index (χ4v) is 3.07. The largest absolute Gasteiger partial charge is 0.489 e. The molecule has 0 spiro atoms. The van der Waals surface area contributed by atoms with E-state index in [1.54, 1.807) is 0 Å². The van der Waals surface area contributed by atoms with Crippen LogP contribution in [0.4, 0.5) is 10.5 Å². The van der Waals surface area contributed by atoms with Crippen LogP contribution in [-0.2, 0) is 12.1 Å². The van der Waals surface area contributed by atoms with E-state index in [0.29, 0.717) is 12.3 Å². The highest BCUT2D eigenvalue weighted by Gasteiger charge is 2.23. The van der Waals surface area contributed by atoms with Crippen molar-refractivity contribution in [1.82, 2.24) is 5.32 Å². The van der Waals surface area contributed by atoms with E-state index in [-0.39, 0.29) is 6.03 Å². The van der Waals surface area contributed by atoms with Crippen molar-refractivity contribution in [3.05, 3.63) is 102 Å². The lowest BCUT2D eigenvalue weighted by molar-refractivity contribution is 0.242. The van der Waals surface area contributed by atoms with E-state index in [9.17, 15) is 4.79 Å². The van der Waals surface area contributed by atoms with Gasteiger partial charge in [-0.3, -0.25) is 0 Å². The summed E-state index contributed by atoms with van der Waals surface area (Å²) in [4.78, 5) is 12.5. The third-order valence-corrected chi connectivity index (χ3v) is 4.86. The van der Waals surface area contributed by atoms with Crippen molar-refractivity contribution in [3.8, 4) is 5.75 Å². The maximum absolute atomic E-state index is 12.5. The zero-order valence-electron chi connectivity index (χ0n) is 17.7. The number of amides is 2. The number of benzene rings is 3. The van der Waals surface area contributed by atoms with Gasteiger partial charge in [-0.05, 0) is 67.8 Å². The third-order valence-electron chi connectivity index (χ3n) is 4.86. The Morgan fingerprint density at radius 2 is 1.67 bits per heavy atom. The van der Waals surface area contributed by atoms with Crippen LogP contribution in [0.3, 0.4) is 0 Å². The Morgan fingerprint density at radius 3 is 2.33 bits per heavy atom. The van der Waals surface area contributed by atoms with Crippen molar-refractivity contribution in [3.63, 3.8) is 0 Å². The number of urea groups is 1. The molecule has 3 aromatic rings. The zero-order chi connectivity index (χ0) is 21.6. The minimum atomic E-state index is -0.533. The number of anilines is 1. The fourth-order valence-electron chi connectivity index (χ4n) is 3.07. The van der Waals surface area contributed by atoms with E-state index in [2.05, 4.69) is 23.3 Å². The molecule has 0 atom stereocenters. The molecule has 154 valence electrons. The molecule has 0 aliphatic heterocycles. The van der Waals surface area contributed by atoms with Gasteiger partial charge in [0.15, 0.2) is 0 Å². The van der Waals surface area contributed by atoms with Crippen molar-refractivity contribution >= 4 is 17.3 Å². The molecule has 4 nitrogen and oxygen atoms in total. The first kappa shape index (κ1) is 21.2. The van der Waals surface area contributed by atoms with E-state index >= 15 is 0 Å². The molecule has 0 unspecified atom stereocenters. The average Bonchev–Trinajstić information content (AvgIpc) is 2.73. The van der Waals surface area contributed by atoms with E-state index in [1.807, 2.05) is 93.6 Å². The topological polar surface area (TPSA) is 50.4 Å². The average molecular weight is 401 g/mol. The Bertz CT molecular complexity index is 1010. The Balaban J connectivity index is 1.57. The van der Waals surface area contributed by atoms with Gasteiger partial charge in [0, 0.05) is 5.69 Å². The number of allylic oxidation sites excluding steroid dienone is 1. The van der Waals surface area contributed by atoms with Crippen molar-refractivity contribution < 1.29 is 9.53 Å². The summed E-state index contributed by atoms with van der Waals surface area (Å²) in [6.07, 6.45) is 0. The Labute approximate surface area is 178 Å². The molecule has 0 aromatic heterocycles. The molecule has 30 heavy (non-hydrogen) atoms. The summed E-state index contributed by atoms with van der Waals surface area (Å²) in [6.45, 7) is 10.4. The molecule has 0 aliphatic carbocycles. The van der Waals surface area contributed by atoms with E-state index in [1.165, 1.54) is 0 Å². The van der Waals surface area contributed by atoms with Gasteiger partial charge >= 0.3 is 6.03 Å². The number of nitrogens with one attached hydrogen (secondary N) is 2. The standard InChI is InChI=1S/C26H28N2O2/c1-19(2)21-11-8-12-22(17-21)26(3,4)28-25(29)27-23-13-15-24(16-14-23)30-18-20-9-6-5-7-10-20/h5-17H,1,18H2,2-4H3,(H2,27,28,29). The van der Waals surface area contributed by atoms with Gasteiger partial charge in [0.2, 0.25) is 0 Å². The highest BCUT2D eigenvalue weighted by molar-refractivity contribution is 5.89. The van der Waals surface area contributed by atoms with Gasteiger partial charge in [-0.15, -0.1) is 0 Å². The first-order chi connectivity index (χ1) is 14.3. The molecule has 0 aliphatic rings. The molecule has 2 amide bonds. The van der Waals surface area contributed by atoms with E-state index < -0.39 is 5.54 Å². The minimum Gasteiger partial charge on any atom is -0.489 e. The van der Waals surface area contributed by atoms with E-state index in [4.69, 9.17) is 4.74 Å². The predicted molar refractivity (Wildman–Crippen MR) is 124 cm³/mol. The van der Waals surface area contributed by atoms with Crippen LogP contribution in [0.2, 0.25) is 0 Å². The van der Waals surface area contributed by atoms with Crippen molar-refractivity contribution in [1.29, 1.82) is 0 Å². The molecule has 4 heteroatoms. The summed E-state index contributed by atoms with van der Waals surface area (Å²) in [7, 11) is 0. The van der Waals surface area contributed by atoms with Gasteiger partial charge in [-0.1, -0.05) is 60.7 Å². The minimum absolute atomic E-state index is 0.265. The summed E-state index contributed by atoms with van der Waals surface area (Å²) >= 11 is 0. The molecule has 3 rings (SSSR count). The molecular weight excluding hydrogens is 372 g/mol. The number of rotatable bonds is 7. The van der Waals surface area contributed by atoms with Crippen molar-refractivity contribution in [2.24, 2.45) is 0 Å². The first-order valence-electron chi connectivity index (χ1n) is 9.96. The van der Waals surface area contributed by atoms with Crippen LogP contribution in [0.25, 0.3) is 5.57 Å². The normalized spacial score (nSPS) is 10.9. The maximum atomic E-state index is 12.5. The Morgan fingerprint density at radius 1 is 0.967 bits per heavy atom. The fraction of sp³-hybridized carbons (Fsp3) is 0.192. The number of hydrogen-bond acceptors (Lipinski definition) is 2. The Kier molecular flexibility index (Phi) is 6.58. The maximum Gasteiger partial charge on any atom is 0.319 e. The molecule has 0 bridgehead atoms. The second-order valence-corrected chi connectivity index (χ2v) is 7.86. The smallest absolute Gasteiger partial charge is 0.319 e. The lowest BCUT2D eigenvalue weighted by atomic mass is 9.92. The molecule has 0 saturated heterocycles. The van der Waals surface area contributed by atoms with Crippen LogP contribution >= 0.6 is 0 Å². The summed E-state index contributed by atoms with van der Waals surface area (Å²) < 4.78 is 5.79. The van der Waals surface area contributed by atoms with Gasteiger partial charge in [-0.25, -0.2) is 4.79 Å². The lowest BCUT2D eigenvalue weighted by Gasteiger charge is -2.27. The van der Waals surface area contributed by atoms with Crippen LogP contribution in [-0.4, -0.2) is 6.03 Å². The first-order valence-corrected chi connectivity index (χ1v) is 9.96. The summed E-state index contributed by atoms with van der Waals surface area (Å²) in [5, 5.41) is 5.92. The summed E-state index contributed by atoms with van der Waals surface area (Å²) in [6, 6.07) is 25.1. The molecule has 0 saturated carbocycles. The number of carbonyl (C=O) groups is 1. The summed E-state index contributed by atoms with van der Waals surface area (Å²) in [5.74, 6) is 0.752. The predicted octanol–water partition coefficient (Wildman–Crippen LogP) is 6.36. The molecule has 0 heterocycles. The third kappa shape index (κ3) is 5.74. The molecule has 0 radical (unpaired) electrons. The van der Waals surface area contributed by atoms with Crippen LogP contribution in [0.15, 0.2) is 85.4 Å². The second kappa shape index (κ2) is 9.31. The lowest BCUT2D eigenvalue weighted by Crippen LogP contribution is -2.43. The number of hydrogen-bond donors (Lipinski definition) is 2. The quantitative estimate of drug-likeness (QED) is 0.485. The van der Waals surface area contributed by atoms with Crippen LogP contribution < -0.4 is 15.4 Å². The second-order valence-electron chi connectivity index (χ2n) is 7.86. The Hall–Kier alpha value is -3.53. The number of ether oxygens (including phenoxy) is 1. The van der Waals surface area contributed by atoms with Crippen LogP contribution in [0.1, 0.15) is 37.5 Å². The SMILES string of the molecule is C=C(C)c1cccc(C(C)(C)NC(=O)Nc2ccc(OCc3ccccc3)cc2)c1. The van der Waals surface area contributed by atoms with Gasteiger partial charge in [-0.2, -0.15) is 0 Å². The van der Waals surface area contributed by atoms with Gasteiger partial charge in [0.1, 0.15) is 12.4 Å². The molecule has 0 fully saturated rings. The summed E-state index contributed by atoms with van der Waals surface area (Å²) in [5.41, 5.74) is 4.35. The van der Waals surface area contributed by atoms with Crippen LogP contribution in [0, 0.1) is 0 Å². The molecular formula is C26H28N2O2. The molecule has 3 aromatic carbocycles. The number of carbonyl (C=O) groups excluding carboxylic acids is 1. The highest BCUT2D eigenvalue weighted by atomic mass is 16.5. The van der Waals surface area contributed by atoms with Crippen molar-refractivity contribution in [2.75, 3.05) is 5.32 Å². The zero-order valence-corrected chi connectivity index (χ0v) is 17.7. The van der Waals surface area contributed by atoms with Crippen LogP contribution in [0.5, 0.6) is 5.75 Å². The van der Waals surface area contributed by atoms with Gasteiger partial charge < -0.3 is 15.4 Å².